The van der Waals surface area contributed by atoms with Crippen LogP contribution in [0.5, 0.6) is 0 Å². The van der Waals surface area contributed by atoms with Gasteiger partial charge in [-0.25, -0.2) is 18.9 Å². The Morgan fingerprint density at radius 2 is 1.92 bits per heavy atom. The van der Waals surface area contributed by atoms with E-state index in [1.54, 1.807) is 39.6 Å². The highest BCUT2D eigenvalue weighted by Gasteiger charge is 2.40. The average Bonchev–Trinajstić information content (AvgIpc) is 3.54. The van der Waals surface area contributed by atoms with Crippen LogP contribution in [0.3, 0.4) is 0 Å². The largest absolute Gasteiger partial charge is 0.332 e. The van der Waals surface area contributed by atoms with E-state index in [9.17, 15) is 14.0 Å². The summed E-state index contributed by atoms with van der Waals surface area (Å²) >= 11 is 0. The maximum atomic E-state index is 13.8. The molecule has 0 unspecified atom stereocenters. The summed E-state index contributed by atoms with van der Waals surface area (Å²) in [6.45, 7) is 10.7. The SMILES string of the molecule is Cc1cc(-c2cc(C(C)C)c3nc(C(=O)N4CCN(C(=O)c5nc[nH]n5)CC4(C)C)cn3n2)ccc1F. The van der Waals surface area contributed by atoms with Gasteiger partial charge >= 0.3 is 0 Å². The maximum absolute atomic E-state index is 13.8. The van der Waals surface area contributed by atoms with Crippen LogP contribution in [0.15, 0.2) is 36.8 Å². The number of hydrogen-bond donors (Lipinski definition) is 1. The van der Waals surface area contributed by atoms with Crippen LogP contribution in [-0.2, 0) is 0 Å². The van der Waals surface area contributed by atoms with Gasteiger partial charge in [0, 0.05) is 30.8 Å². The highest BCUT2D eigenvalue weighted by Crippen LogP contribution is 2.28. The molecule has 0 bridgehead atoms. The van der Waals surface area contributed by atoms with Gasteiger partial charge in [-0.05, 0) is 56.5 Å². The lowest BCUT2D eigenvalue weighted by Crippen LogP contribution is -2.62. The van der Waals surface area contributed by atoms with E-state index in [0.29, 0.717) is 36.5 Å². The molecule has 0 radical (unpaired) electrons. The number of carbonyl (C=O) groups excluding carboxylic acids is 2. The molecule has 1 fully saturated rings. The summed E-state index contributed by atoms with van der Waals surface area (Å²) < 4.78 is 15.5. The summed E-state index contributed by atoms with van der Waals surface area (Å²) in [5, 5.41) is 11.1. The van der Waals surface area contributed by atoms with Gasteiger partial charge in [-0.2, -0.15) is 5.10 Å². The van der Waals surface area contributed by atoms with Gasteiger partial charge in [-0.15, -0.1) is 5.10 Å². The molecule has 4 aromatic rings. The Bertz CT molecular complexity index is 1490. The molecule has 4 heterocycles. The van der Waals surface area contributed by atoms with Crippen molar-refractivity contribution in [2.24, 2.45) is 0 Å². The number of amides is 2. The first-order chi connectivity index (χ1) is 17.5. The molecule has 1 aliphatic rings. The zero-order chi connectivity index (χ0) is 26.5. The van der Waals surface area contributed by atoms with Gasteiger partial charge in [0.2, 0.25) is 5.82 Å². The molecule has 0 atom stereocenters. The van der Waals surface area contributed by atoms with Crippen molar-refractivity contribution >= 4 is 17.5 Å². The number of aryl methyl sites for hydroxylation is 1. The first-order valence-electron chi connectivity index (χ1n) is 12.2. The molecule has 1 aromatic carbocycles. The Morgan fingerprint density at radius 1 is 1.14 bits per heavy atom. The Morgan fingerprint density at radius 3 is 2.57 bits per heavy atom. The van der Waals surface area contributed by atoms with Crippen molar-refractivity contribution in [1.29, 1.82) is 0 Å². The number of halogens is 1. The topological polar surface area (TPSA) is 112 Å². The van der Waals surface area contributed by atoms with Crippen molar-refractivity contribution in [3.05, 3.63) is 65.3 Å². The predicted molar refractivity (Wildman–Crippen MR) is 135 cm³/mol. The third-order valence-corrected chi connectivity index (χ3v) is 6.79. The average molecular weight is 505 g/mol. The Hall–Kier alpha value is -4.15. The van der Waals surface area contributed by atoms with E-state index in [1.165, 1.54) is 12.4 Å². The first kappa shape index (κ1) is 24.5. The van der Waals surface area contributed by atoms with Gasteiger partial charge < -0.3 is 9.80 Å². The van der Waals surface area contributed by atoms with Crippen LogP contribution in [0.25, 0.3) is 16.9 Å². The van der Waals surface area contributed by atoms with Crippen LogP contribution in [0.4, 0.5) is 4.39 Å². The lowest BCUT2D eigenvalue weighted by atomic mass is 9.98. The van der Waals surface area contributed by atoms with Gasteiger partial charge in [0.15, 0.2) is 5.65 Å². The summed E-state index contributed by atoms with van der Waals surface area (Å²) in [5.74, 6) is -0.541. The highest BCUT2D eigenvalue weighted by atomic mass is 19.1. The molecule has 10 nitrogen and oxygen atoms in total. The number of aromatic amines is 1. The number of piperazine rings is 1. The lowest BCUT2D eigenvalue weighted by molar-refractivity contribution is 0.0160. The number of aromatic nitrogens is 6. The predicted octanol–water partition coefficient (Wildman–Crippen LogP) is 3.46. The normalized spacial score (nSPS) is 15.5. The summed E-state index contributed by atoms with van der Waals surface area (Å²) in [6, 6.07) is 6.85. The number of rotatable bonds is 4. The molecule has 0 aliphatic carbocycles. The quantitative estimate of drug-likeness (QED) is 0.456. The molecule has 1 N–H and O–H groups in total. The standard InChI is InChI=1S/C26H29FN8O2/c1-15(2)18-11-20(17-6-7-19(27)16(3)10-17)32-35-12-21(30-23(18)35)24(36)34-9-8-33(13-26(34,4)5)25(37)22-28-14-29-31-22/h6-7,10-12,14-15H,8-9,13H2,1-5H3,(H,28,29,31). The molecule has 1 aliphatic heterocycles. The van der Waals surface area contributed by atoms with Crippen LogP contribution in [0, 0.1) is 12.7 Å². The molecule has 1 saturated heterocycles. The summed E-state index contributed by atoms with van der Waals surface area (Å²) in [5.41, 5.74) is 3.19. The van der Waals surface area contributed by atoms with Crippen molar-refractivity contribution in [3.63, 3.8) is 0 Å². The van der Waals surface area contributed by atoms with Crippen molar-refractivity contribution < 1.29 is 14.0 Å². The van der Waals surface area contributed by atoms with E-state index in [0.717, 1.165) is 11.1 Å². The van der Waals surface area contributed by atoms with Gasteiger partial charge in [0.1, 0.15) is 17.8 Å². The number of benzene rings is 1. The number of nitrogens with one attached hydrogen (secondary N) is 1. The molecule has 37 heavy (non-hydrogen) atoms. The van der Waals surface area contributed by atoms with Crippen molar-refractivity contribution in [1.82, 2.24) is 39.6 Å². The van der Waals surface area contributed by atoms with Gasteiger partial charge in [-0.1, -0.05) is 13.8 Å². The molecule has 192 valence electrons. The number of hydrogen-bond acceptors (Lipinski definition) is 6. The lowest BCUT2D eigenvalue weighted by Gasteiger charge is -2.46. The fourth-order valence-corrected chi connectivity index (χ4v) is 4.77. The minimum atomic E-state index is -0.637. The third kappa shape index (κ3) is 4.45. The second kappa shape index (κ2) is 9.06. The van der Waals surface area contributed by atoms with E-state index in [2.05, 4.69) is 34.0 Å². The molecule has 11 heteroatoms. The van der Waals surface area contributed by atoms with Crippen molar-refractivity contribution in [3.8, 4) is 11.3 Å². The second-order valence-electron chi connectivity index (χ2n) is 10.3. The van der Waals surface area contributed by atoms with E-state index in [-0.39, 0.29) is 35.1 Å². The number of H-pyrrole nitrogens is 1. The fraction of sp³-hybridized carbons (Fsp3) is 0.385. The summed E-state index contributed by atoms with van der Waals surface area (Å²) in [6.07, 6.45) is 3.01. The summed E-state index contributed by atoms with van der Waals surface area (Å²) in [4.78, 5) is 38.4. The number of imidazole rings is 1. The van der Waals surface area contributed by atoms with Gasteiger partial charge in [-0.3, -0.25) is 14.7 Å². The van der Waals surface area contributed by atoms with Crippen LogP contribution in [0.2, 0.25) is 0 Å². The smallest absolute Gasteiger partial charge is 0.293 e. The fourth-order valence-electron chi connectivity index (χ4n) is 4.77. The molecule has 0 saturated carbocycles. The summed E-state index contributed by atoms with van der Waals surface area (Å²) in [7, 11) is 0. The minimum Gasteiger partial charge on any atom is -0.332 e. The van der Waals surface area contributed by atoms with Crippen LogP contribution in [0.1, 0.15) is 65.8 Å². The second-order valence-corrected chi connectivity index (χ2v) is 10.3. The zero-order valence-electron chi connectivity index (χ0n) is 21.5. The van der Waals surface area contributed by atoms with E-state index in [1.807, 2.05) is 19.9 Å². The Kier molecular flexibility index (Phi) is 6.01. The number of nitrogens with zero attached hydrogens (tertiary/aromatic N) is 7. The molecule has 0 spiro atoms. The first-order valence-corrected chi connectivity index (χ1v) is 12.2. The molecule has 2 amide bonds. The third-order valence-electron chi connectivity index (χ3n) is 6.79. The van der Waals surface area contributed by atoms with Gasteiger partial charge in [0.05, 0.1) is 17.4 Å². The molecule has 5 rings (SSSR count). The van der Waals surface area contributed by atoms with Crippen LogP contribution in [-0.4, -0.2) is 76.6 Å². The highest BCUT2D eigenvalue weighted by molar-refractivity contribution is 5.94. The van der Waals surface area contributed by atoms with Crippen LogP contribution < -0.4 is 0 Å². The van der Waals surface area contributed by atoms with Crippen LogP contribution >= 0.6 is 0 Å². The molecular formula is C26H29FN8O2. The minimum absolute atomic E-state index is 0.107. The van der Waals surface area contributed by atoms with E-state index < -0.39 is 5.54 Å². The van der Waals surface area contributed by atoms with Gasteiger partial charge in [0.25, 0.3) is 11.8 Å². The Labute approximate surface area is 213 Å². The molecule has 3 aromatic heterocycles. The Balaban J connectivity index is 1.46. The number of carbonyl (C=O) groups is 2. The number of fused-ring (bicyclic) bond motifs is 1. The van der Waals surface area contributed by atoms with E-state index in [4.69, 9.17) is 5.10 Å². The van der Waals surface area contributed by atoms with E-state index >= 15 is 0 Å². The maximum Gasteiger partial charge on any atom is 0.293 e. The van der Waals surface area contributed by atoms with Crippen molar-refractivity contribution in [2.75, 3.05) is 19.6 Å². The zero-order valence-corrected chi connectivity index (χ0v) is 21.5. The van der Waals surface area contributed by atoms with Crippen molar-refractivity contribution in [2.45, 2.75) is 46.1 Å². The molecular weight excluding hydrogens is 475 g/mol. The monoisotopic (exact) mass is 504 g/mol.